The fourth-order valence-corrected chi connectivity index (χ4v) is 2.30. The highest BCUT2D eigenvalue weighted by atomic mass is 16.4. The molecule has 1 N–H and O–H groups in total. The quantitative estimate of drug-likeness (QED) is 0.488. The lowest BCUT2D eigenvalue weighted by molar-refractivity contribution is -0.138. The fourth-order valence-electron chi connectivity index (χ4n) is 2.30. The van der Waals surface area contributed by atoms with E-state index in [0.717, 1.165) is 12.8 Å². The molecule has 1 atom stereocenters. The Kier molecular flexibility index (Phi) is 11.6. The summed E-state index contributed by atoms with van der Waals surface area (Å²) in [5, 5.41) is 8.86. The van der Waals surface area contributed by atoms with Gasteiger partial charge < -0.3 is 5.11 Å². The molecule has 0 aliphatic heterocycles. The largest absolute Gasteiger partial charge is 0.481 e. The van der Waals surface area contributed by atoms with Crippen LogP contribution in [0.2, 0.25) is 0 Å². The minimum atomic E-state index is -0.628. The van der Waals surface area contributed by atoms with E-state index < -0.39 is 5.97 Å². The molecule has 0 heterocycles. The second-order valence-electron chi connectivity index (χ2n) is 5.16. The lowest BCUT2D eigenvalue weighted by Gasteiger charge is -2.14. The predicted molar refractivity (Wildman–Crippen MR) is 73.3 cm³/mol. The van der Waals surface area contributed by atoms with E-state index in [1.165, 1.54) is 51.4 Å². The van der Waals surface area contributed by atoms with Gasteiger partial charge in [-0.1, -0.05) is 65.2 Å². The van der Waals surface area contributed by atoms with Crippen LogP contribution < -0.4 is 0 Å². The molecule has 0 amide bonds. The summed E-state index contributed by atoms with van der Waals surface area (Å²) in [6.07, 6.45) is 12.7. The third kappa shape index (κ3) is 11.7. The molecular weight excluding hydrogens is 212 g/mol. The smallest absolute Gasteiger partial charge is 0.303 e. The molecule has 0 saturated heterocycles. The number of carboxylic acid groups (broad SMARTS) is 1. The van der Waals surface area contributed by atoms with Gasteiger partial charge in [-0.15, -0.1) is 0 Å². The molecule has 0 bridgehead atoms. The zero-order chi connectivity index (χ0) is 12.9. The molecule has 0 aliphatic rings. The van der Waals surface area contributed by atoms with E-state index in [-0.39, 0.29) is 0 Å². The van der Waals surface area contributed by atoms with E-state index >= 15 is 0 Å². The summed E-state index contributed by atoms with van der Waals surface area (Å²) >= 11 is 0. The van der Waals surface area contributed by atoms with Gasteiger partial charge in [0.1, 0.15) is 0 Å². The Morgan fingerprint density at radius 2 is 1.41 bits per heavy atom. The maximum absolute atomic E-state index is 10.7. The molecule has 0 aromatic rings. The van der Waals surface area contributed by atoms with E-state index in [2.05, 4.69) is 13.8 Å². The molecule has 0 radical (unpaired) electrons. The Balaban J connectivity index is 3.56. The van der Waals surface area contributed by atoms with Crippen LogP contribution >= 0.6 is 0 Å². The van der Waals surface area contributed by atoms with Crippen molar-refractivity contribution in [2.24, 2.45) is 5.92 Å². The molecule has 2 heteroatoms. The van der Waals surface area contributed by atoms with Gasteiger partial charge in [-0.05, 0) is 18.8 Å². The van der Waals surface area contributed by atoms with Crippen molar-refractivity contribution in [3.8, 4) is 0 Å². The Labute approximate surface area is 107 Å². The van der Waals surface area contributed by atoms with Crippen LogP contribution in [0, 0.1) is 5.92 Å². The van der Waals surface area contributed by atoms with Crippen LogP contribution in [0.3, 0.4) is 0 Å². The first-order valence-electron chi connectivity index (χ1n) is 7.42. The second kappa shape index (κ2) is 11.9. The topological polar surface area (TPSA) is 37.3 Å². The third-order valence-corrected chi connectivity index (χ3v) is 3.40. The maximum Gasteiger partial charge on any atom is 0.303 e. The average Bonchev–Trinajstić information content (AvgIpc) is 2.29. The number of carbonyl (C=O) groups is 1. The summed E-state index contributed by atoms with van der Waals surface area (Å²) in [6, 6.07) is 0. The van der Waals surface area contributed by atoms with Gasteiger partial charge in [0.15, 0.2) is 0 Å². The first-order chi connectivity index (χ1) is 8.20. The van der Waals surface area contributed by atoms with Crippen molar-refractivity contribution in [3.63, 3.8) is 0 Å². The van der Waals surface area contributed by atoms with Gasteiger partial charge in [-0.25, -0.2) is 0 Å². The van der Waals surface area contributed by atoms with Crippen molar-refractivity contribution in [3.05, 3.63) is 0 Å². The predicted octanol–water partition coefficient (Wildman–Crippen LogP) is 5.02. The molecule has 0 aliphatic carbocycles. The minimum Gasteiger partial charge on any atom is -0.481 e. The zero-order valence-electron chi connectivity index (χ0n) is 11.7. The molecule has 0 rings (SSSR count). The zero-order valence-corrected chi connectivity index (χ0v) is 11.7. The Morgan fingerprint density at radius 1 is 0.882 bits per heavy atom. The van der Waals surface area contributed by atoms with Gasteiger partial charge in [0.2, 0.25) is 0 Å². The third-order valence-electron chi connectivity index (χ3n) is 3.40. The summed E-state index contributed by atoms with van der Waals surface area (Å²) in [5.41, 5.74) is 0. The van der Waals surface area contributed by atoms with Gasteiger partial charge >= 0.3 is 5.97 Å². The van der Waals surface area contributed by atoms with Gasteiger partial charge in [0.25, 0.3) is 0 Å². The Bertz CT molecular complexity index is 178. The van der Waals surface area contributed by atoms with Crippen LogP contribution in [0.5, 0.6) is 0 Å². The van der Waals surface area contributed by atoms with Gasteiger partial charge in [0, 0.05) is 6.42 Å². The number of aliphatic carboxylic acids is 1. The van der Waals surface area contributed by atoms with Crippen molar-refractivity contribution >= 4 is 5.97 Å². The fraction of sp³-hybridized carbons (Fsp3) is 0.933. The van der Waals surface area contributed by atoms with E-state index in [1.807, 2.05) is 0 Å². The summed E-state index contributed by atoms with van der Waals surface area (Å²) in [4.78, 5) is 10.7. The Morgan fingerprint density at radius 3 is 2.00 bits per heavy atom. The highest BCUT2D eigenvalue weighted by Gasteiger charge is 2.12. The second-order valence-corrected chi connectivity index (χ2v) is 5.16. The number of hydrogen-bond donors (Lipinski definition) is 1. The number of carboxylic acids is 1. The van der Waals surface area contributed by atoms with E-state index in [1.54, 1.807) is 0 Å². The van der Waals surface area contributed by atoms with Crippen LogP contribution in [0.15, 0.2) is 0 Å². The summed E-state index contributed by atoms with van der Waals surface area (Å²) in [7, 11) is 0. The molecule has 1 unspecified atom stereocenters. The molecule has 0 aromatic heterocycles. The van der Waals surface area contributed by atoms with E-state index in [0.29, 0.717) is 12.3 Å². The van der Waals surface area contributed by atoms with Crippen molar-refractivity contribution in [1.29, 1.82) is 0 Å². The summed E-state index contributed by atoms with van der Waals surface area (Å²) in [5.74, 6) is -0.212. The van der Waals surface area contributed by atoms with Crippen molar-refractivity contribution < 1.29 is 9.90 Å². The van der Waals surface area contributed by atoms with Crippen LogP contribution in [0.1, 0.15) is 84.5 Å². The summed E-state index contributed by atoms with van der Waals surface area (Å²) < 4.78 is 0. The number of unbranched alkanes of at least 4 members (excludes halogenated alkanes) is 6. The summed E-state index contributed by atoms with van der Waals surface area (Å²) in [6.45, 7) is 4.40. The van der Waals surface area contributed by atoms with Gasteiger partial charge in [0.05, 0.1) is 0 Å². The van der Waals surface area contributed by atoms with Crippen LogP contribution in [0.25, 0.3) is 0 Å². The first-order valence-corrected chi connectivity index (χ1v) is 7.42. The van der Waals surface area contributed by atoms with Crippen LogP contribution in [-0.2, 0) is 4.79 Å². The van der Waals surface area contributed by atoms with E-state index in [4.69, 9.17) is 5.11 Å². The molecule has 0 fully saturated rings. The standard InChI is InChI=1S/C15H30O2/c1-3-5-7-8-9-10-12-14(11-6-4-2)13-15(16)17/h14H,3-13H2,1-2H3,(H,16,17). The highest BCUT2D eigenvalue weighted by Crippen LogP contribution is 2.20. The normalized spacial score (nSPS) is 12.6. The molecule has 2 nitrogen and oxygen atoms in total. The molecule has 0 aromatic carbocycles. The molecule has 0 spiro atoms. The SMILES string of the molecule is CCCCCCCCC(CCCC)CC(=O)O. The van der Waals surface area contributed by atoms with Crippen LogP contribution in [0.4, 0.5) is 0 Å². The van der Waals surface area contributed by atoms with Crippen molar-refractivity contribution in [1.82, 2.24) is 0 Å². The maximum atomic E-state index is 10.7. The van der Waals surface area contributed by atoms with E-state index in [9.17, 15) is 4.79 Å². The monoisotopic (exact) mass is 242 g/mol. The molecule has 17 heavy (non-hydrogen) atoms. The van der Waals surface area contributed by atoms with Gasteiger partial charge in [-0.2, -0.15) is 0 Å². The van der Waals surface area contributed by atoms with Crippen molar-refractivity contribution in [2.45, 2.75) is 84.5 Å². The minimum absolute atomic E-state index is 0.370. The van der Waals surface area contributed by atoms with Crippen molar-refractivity contribution in [2.75, 3.05) is 0 Å². The lowest BCUT2D eigenvalue weighted by Crippen LogP contribution is -2.08. The molecule has 0 saturated carbocycles. The number of hydrogen-bond acceptors (Lipinski definition) is 1. The highest BCUT2D eigenvalue weighted by molar-refractivity contribution is 5.66. The average molecular weight is 242 g/mol. The van der Waals surface area contributed by atoms with Gasteiger partial charge in [-0.3, -0.25) is 4.79 Å². The molecular formula is C15H30O2. The Hall–Kier alpha value is -0.530. The molecule has 102 valence electrons. The first kappa shape index (κ1) is 16.5. The van der Waals surface area contributed by atoms with Crippen LogP contribution in [-0.4, -0.2) is 11.1 Å². The number of rotatable bonds is 12. The lowest BCUT2D eigenvalue weighted by atomic mass is 9.92.